The van der Waals surface area contributed by atoms with Crippen LogP contribution in [-0.4, -0.2) is 29.9 Å². The van der Waals surface area contributed by atoms with Gasteiger partial charge in [-0.2, -0.15) is 0 Å². The number of halogens is 1. The van der Waals surface area contributed by atoms with Crippen LogP contribution < -0.4 is 15.4 Å². The molecular weight excluding hydrogens is 418 g/mol. The summed E-state index contributed by atoms with van der Waals surface area (Å²) in [5.74, 6) is -0.189. The van der Waals surface area contributed by atoms with Gasteiger partial charge in [-0.1, -0.05) is 22.0 Å². The zero-order chi connectivity index (χ0) is 19.4. The lowest BCUT2D eigenvalue weighted by molar-refractivity contribution is -0.384. The minimum absolute atomic E-state index is 0.123. The fraction of sp³-hybridized carbons (Fsp3) is 0.222. The molecule has 2 aromatic carbocycles. The average Bonchev–Trinajstić information content (AvgIpc) is 2.66. The number of nitro benzene ring substituents is 1. The summed E-state index contributed by atoms with van der Waals surface area (Å²) in [6.07, 6.45) is 0.619. The number of nitrogens with zero attached hydrogens (tertiary/aromatic N) is 1. The smallest absolute Gasteiger partial charge is 0.270 e. The number of fused-ring (bicyclic) bond motifs is 1. The monoisotopic (exact) mass is 433 g/mol. The van der Waals surface area contributed by atoms with Crippen LogP contribution in [0.1, 0.15) is 28.4 Å². The van der Waals surface area contributed by atoms with Crippen molar-refractivity contribution in [3.05, 3.63) is 68.2 Å². The summed E-state index contributed by atoms with van der Waals surface area (Å²) in [4.78, 5) is 34.6. The van der Waals surface area contributed by atoms with E-state index in [2.05, 4.69) is 26.6 Å². The van der Waals surface area contributed by atoms with Crippen LogP contribution >= 0.6 is 15.9 Å². The van der Waals surface area contributed by atoms with Crippen molar-refractivity contribution in [1.82, 2.24) is 10.6 Å². The quantitative estimate of drug-likeness (QED) is 0.556. The molecule has 8 nitrogen and oxygen atoms in total. The maximum absolute atomic E-state index is 12.2. The molecule has 140 valence electrons. The molecule has 0 aliphatic carbocycles. The fourth-order valence-electron chi connectivity index (χ4n) is 2.78. The highest BCUT2D eigenvalue weighted by Gasteiger charge is 2.23. The van der Waals surface area contributed by atoms with E-state index in [4.69, 9.17) is 4.74 Å². The Balaban J connectivity index is 1.59. The lowest BCUT2D eigenvalue weighted by Crippen LogP contribution is -2.40. The first-order valence-corrected chi connectivity index (χ1v) is 8.97. The SMILES string of the molecule is O=C(CNC(=O)c1cccc([N+](=O)[O-])c1)NC1CCOc2ccc(Br)cc21. The molecule has 1 atom stereocenters. The second kappa shape index (κ2) is 8.17. The van der Waals surface area contributed by atoms with E-state index in [-0.39, 0.29) is 29.7 Å². The molecule has 1 aliphatic heterocycles. The Labute approximate surface area is 163 Å². The molecule has 3 rings (SSSR count). The fourth-order valence-corrected chi connectivity index (χ4v) is 3.16. The van der Waals surface area contributed by atoms with Crippen molar-refractivity contribution in [1.29, 1.82) is 0 Å². The van der Waals surface area contributed by atoms with Crippen LogP contribution in [0.3, 0.4) is 0 Å². The van der Waals surface area contributed by atoms with Gasteiger partial charge in [0.05, 0.1) is 24.1 Å². The average molecular weight is 434 g/mol. The third-order valence-corrected chi connectivity index (χ3v) is 4.57. The number of rotatable bonds is 5. The number of carbonyl (C=O) groups excluding carboxylic acids is 2. The maximum atomic E-state index is 12.2. The highest BCUT2D eigenvalue weighted by atomic mass is 79.9. The van der Waals surface area contributed by atoms with E-state index in [0.29, 0.717) is 13.0 Å². The van der Waals surface area contributed by atoms with Crippen molar-refractivity contribution in [2.45, 2.75) is 12.5 Å². The summed E-state index contributed by atoms with van der Waals surface area (Å²) < 4.78 is 6.46. The Morgan fingerprint density at radius 2 is 2.07 bits per heavy atom. The number of nitrogens with one attached hydrogen (secondary N) is 2. The molecule has 2 aromatic rings. The van der Waals surface area contributed by atoms with Gasteiger partial charge in [-0.3, -0.25) is 19.7 Å². The predicted octanol–water partition coefficient (Wildman–Crippen LogP) is 2.73. The number of nitro groups is 1. The summed E-state index contributed by atoms with van der Waals surface area (Å²) in [6, 6.07) is 10.7. The molecular formula is C18H16BrN3O5. The van der Waals surface area contributed by atoms with Gasteiger partial charge in [-0.15, -0.1) is 0 Å². The summed E-state index contributed by atoms with van der Waals surface area (Å²) in [5, 5.41) is 16.1. The highest BCUT2D eigenvalue weighted by molar-refractivity contribution is 9.10. The lowest BCUT2D eigenvalue weighted by atomic mass is 10.0. The Kier molecular flexibility index (Phi) is 5.70. The van der Waals surface area contributed by atoms with E-state index in [0.717, 1.165) is 15.8 Å². The number of hydrogen-bond donors (Lipinski definition) is 2. The largest absolute Gasteiger partial charge is 0.493 e. The van der Waals surface area contributed by atoms with Crippen molar-refractivity contribution in [3.63, 3.8) is 0 Å². The predicted molar refractivity (Wildman–Crippen MR) is 101 cm³/mol. The van der Waals surface area contributed by atoms with Crippen LogP contribution in [0.5, 0.6) is 5.75 Å². The van der Waals surface area contributed by atoms with E-state index in [9.17, 15) is 19.7 Å². The first kappa shape index (κ1) is 18.8. The third-order valence-electron chi connectivity index (χ3n) is 4.08. The molecule has 1 unspecified atom stereocenters. The molecule has 0 fully saturated rings. The number of benzene rings is 2. The van der Waals surface area contributed by atoms with E-state index >= 15 is 0 Å². The summed E-state index contributed by atoms with van der Waals surface area (Å²) in [7, 11) is 0. The van der Waals surface area contributed by atoms with Gasteiger partial charge in [0.2, 0.25) is 5.91 Å². The highest BCUT2D eigenvalue weighted by Crippen LogP contribution is 2.33. The van der Waals surface area contributed by atoms with Crippen molar-refractivity contribution in [2.75, 3.05) is 13.2 Å². The van der Waals surface area contributed by atoms with Crippen LogP contribution in [0.25, 0.3) is 0 Å². The number of carbonyl (C=O) groups is 2. The van der Waals surface area contributed by atoms with Gasteiger partial charge in [0.15, 0.2) is 0 Å². The molecule has 9 heteroatoms. The van der Waals surface area contributed by atoms with Crippen molar-refractivity contribution >= 4 is 33.4 Å². The minimum Gasteiger partial charge on any atom is -0.493 e. The number of ether oxygens (including phenoxy) is 1. The molecule has 0 spiro atoms. The topological polar surface area (TPSA) is 111 Å². The molecule has 0 saturated heterocycles. The maximum Gasteiger partial charge on any atom is 0.270 e. The first-order chi connectivity index (χ1) is 12.9. The van der Waals surface area contributed by atoms with E-state index in [1.807, 2.05) is 18.2 Å². The van der Waals surface area contributed by atoms with E-state index < -0.39 is 10.8 Å². The normalized spacial score (nSPS) is 15.2. The first-order valence-electron chi connectivity index (χ1n) is 8.18. The van der Waals surface area contributed by atoms with Crippen LogP contribution in [0.4, 0.5) is 5.69 Å². The van der Waals surface area contributed by atoms with Gasteiger partial charge >= 0.3 is 0 Å². The molecule has 0 saturated carbocycles. The van der Waals surface area contributed by atoms with Gasteiger partial charge in [0, 0.05) is 34.2 Å². The minimum atomic E-state index is -0.579. The zero-order valence-electron chi connectivity index (χ0n) is 14.1. The van der Waals surface area contributed by atoms with E-state index in [1.54, 1.807) is 0 Å². The number of amides is 2. The Morgan fingerprint density at radius 3 is 2.85 bits per heavy atom. The molecule has 2 N–H and O–H groups in total. The van der Waals surface area contributed by atoms with Gasteiger partial charge in [-0.05, 0) is 24.3 Å². The number of hydrogen-bond acceptors (Lipinski definition) is 5. The molecule has 27 heavy (non-hydrogen) atoms. The van der Waals surface area contributed by atoms with Gasteiger partial charge in [0.25, 0.3) is 11.6 Å². The molecule has 0 radical (unpaired) electrons. The van der Waals surface area contributed by atoms with Gasteiger partial charge in [-0.25, -0.2) is 0 Å². The number of non-ortho nitro benzene ring substituents is 1. The second-order valence-electron chi connectivity index (χ2n) is 5.93. The summed E-state index contributed by atoms with van der Waals surface area (Å²) in [6.45, 7) is 0.252. The second-order valence-corrected chi connectivity index (χ2v) is 6.85. The molecule has 0 aromatic heterocycles. The zero-order valence-corrected chi connectivity index (χ0v) is 15.7. The third kappa shape index (κ3) is 4.62. The molecule has 2 amide bonds. The molecule has 0 bridgehead atoms. The van der Waals surface area contributed by atoms with Crippen molar-refractivity contribution in [2.24, 2.45) is 0 Å². The summed E-state index contributed by atoms with van der Waals surface area (Å²) >= 11 is 3.40. The lowest BCUT2D eigenvalue weighted by Gasteiger charge is -2.27. The molecule has 1 aliphatic rings. The van der Waals surface area contributed by atoms with Crippen LogP contribution in [0.15, 0.2) is 46.9 Å². The van der Waals surface area contributed by atoms with Crippen LogP contribution in [-0.2, 0) is 4.79 Å². The Hall–Kier alpha value is -2.94. The standard InChI is InChI=1S/C18H16BrN3O5/c19-12-4-5-16-14(9-12)15(6-7-27-16)21-17(23)10-20-18(24)11-2-1-3-13(8-11)22(25)26/h1-5,8-9,15H,6-7,10H2,(H,20,24)(H,21,23). The Morgan fingerprint density at radius 1 is 1.26 bits per heavy atom. The summed E-state index contributed by atoms with van der Waals surface area (Å²) in [5.41, 5.74) is 0.808. The van der Waals surface area contributed by atoms with Gasteiger partial charge < -0.3 is 15.4 Å². The molecule has 1 heterocycles. The van der Waals surface area contributed by atoms with Crippen molar-refractivity contribution < 1.29 is 19.2 Å². The van der Waals surface area contributed by atoms with Crippen molar-refractivity contribution in [3.8, 4) is 5.75 Å². The van der Waals surface area contributed by atoms with E-state index in [1.165, 1.54) is 24.3 Å². The van der Waals surface area contributed by atoms with Crippen LogP contribution in [0.2, 0.25) is 0 Å². The van der Waals surface area contributed by atoms with Crippen LogP contribution in [0, 0.1) is 10.1 Å². The Bertz CT molecular complexity index is 902. The van der Waals surface area contributed by atoms with Gasteiger partial charge in [0.1, 0.15) is 5.75 Å².